The molecule has 0 saturated heterocycles. The van der Waals surface area contributed by atoms with Crippen molar-refractivity contribution < 1.29 is 13.9 Å². The minimum absolute atomic E-state index is 0.201. The molecular formula is C17H15NO3S. The van der Waals surface area contributed by atoms with E-state index in [4.69, 9.17) is 4.42 Å². The number of benzene rings is 1. The maximum Gasteiger partial charge on any atom is 0.374 e. The van der Waals surface area contributed by atoms with Gasteiger partial charge in [0.1, 0.15) is 5.01 Å². The molecule has 0 spiro atoms. The van der Waals surface area contributed by atoms with Crippen LogP contribution in [0.1, 0.15) is 32.3 Å². The summed E-state index contributed by atoms with van der Waals surface area (Å²) in [5, 5.41) is 0.886. The van der Waals surface area contributed by atoms with Crippen LogP contribution in [-0.4, -0.2) is 18.1 Å². The first kappa shape index (κ1) is 14.5. The summed E-state index contributed by atoms with van der Waals surface area (Å²) in [6.07, 6.45) is 5.16. The van der Waals surface area contributed by atoms with Crippen molar-refractivity contribution in [3.63, 3.8) is 0 Å². The fraction of sp³-hybridized carbons (Fsp3) is 0.176. The van der Waals surface area contributed by atoms with Gasteiger partial charge in [-0.25, -0.2) is 9.78 Å². The lowest BCUT2D eigenvalue weighted by Crippen LogP contribution is -2.00. The molecule has 0 N–H and O–H groups in total. The first-order valence-electron chi connectivity index (χ1n) is 6.80. The number of rotatable bonds is 3. The summed E-state index contributed by atoms with van der Waals surface area (Å²) in [6.45, 7) is 4.18. The number of ether oxygens (including phenoxy) is 1. The Balaban J connectivity index is 1.93. The van der Waals surface area contributed by atoms with Crippen LogP contribution in [0.15, 0.2) is 28.9 Å². The molecular weight excluding hydrogens is 298 g/mol. The number of aromatic nitrogens is 1. The highest BCUT2D eigenvalue weighted by Gasteiger charge is 2.13. The molecule has 0 aliphatic carbocycles. The standard InChI is InChI=1S/C17H15NO3S/c1-10-8-13-14(9-11(10)2)22-15(18-13)5-4-12-6-7-21-16(12)17(19)20-3/h4-9H,1-3H3. The van der Waals surface area contributed by atoms with Crippen molar-refractivity contribution in [3.8, 4) is 0 Å². The SMILES string of the molecule is COC(=O)c1occc1C=Cc1nc2cc(C)c(C)cc2s1. The quantitative estimate of drug-likeness (QED) is 0.670. The summed E-state index contributed by atoms with van der Waals surface area (Å²) in [5.41, 5.74) is 4.16. The van der Waals surface area contributed by atoms with Crippen LogP contribution in [-0.2, 0) is 4.74 Å². The number of aryl methyl sites for hydroxylation is 2. The van der Waals surface area contributed by atoms with Gasteiger partial charge in [0.2, 0.25) is 5.76 Å². The lowest BCUT2D eigenvalue weighted by molar-refractivity contribution is 0.0565. The summed E-state index contributed by atoms with van der Waals surface area (Å²) in [4.78, 5) is 16.2. The van der Waals surface area contributed by atoms with E-state index in [1.165, 1.54) is 24.5 Å². The third kappa shape index (κ3) is 2.67. The zero-order chi connectivity index (χ0) is 15.7. The van der Waals surface area contributed by atoms with Crippen LogP contribution in [0.25, 0.3) is 22.4 Å². The Morgan fingerprint density at radius 1 is 1.27 bits per heavy atom. The van der Waals surface area contributed by atoms with Crippen molar-refractivity contribution >= 4 is 39.7 Å². The van der Waals surface area contributed by atoms with Crippen LogP contribution < -0.4 is 0 Å². The van der Waals surface area contributed by atoms with Gasteiger partial charge in [0.25, 0.3) is 0 Å². The van der Waals surface area contributed by atoms with E-state index in [9.17, 15) is 4.79 Å². The van der Waals surface area contributed by atoms with Gasteiger partial charge in [-0.15, -0.1) is 11.3 Å². The fourth-order valence-electron chi connectivity index (χ4n) is 2.14. The molecule has 0 bridgehead atoms. The van der Waals surface area contributed by atoms with E-state index < -0.39 is 5.97 Å². The fourth-order valence-corrected chi connectivity index (χ4v) is 3.09. The second kappa shape index (κ2) is 5.77. The van der Waals surface area contributed by atoms with E-state index in [0.717, 1.165) is 15.2 Å². The van der Waals surface area contributed by atoms with E-state index in [2.05, 4.69) is 35.7 Å². The first-order valence-corrected chi connectivity index (χ1v) is 7.62. The zero-order valence-corrected chi connectivity index (χ0v) is 13.4. The second-order valence-corrected chi connectivity index (χ2v) is 6.05. The number of fused-ring (bicyclic) bond motifs is 1. The molecule has 4 nitrogen and oxygen atoms in total. The number of hydrogen-bond acceptors (Lipinski definition) is 5. The third-order valence-electron chi connectivity index (χ3n) is 3.49. The molecule has 2 heterocycles. The van der Waals surface area contributed by atoms with Crippen molar-refractivity contribution in [1.82, 2.24) is 4.98 Å². The molecule has 0 fully saturated rings. The molecule has 0 aliphatic heterocycles. The molecule has 2 aromatic heterocycles. The molecule has 0 unspecified atom stereocenters. The molecule has 0 amide bonds. The minimum atomic E-state index is -0.486. The van der Waals surface area contributed by atoms with Gasteiger partial charge in [-0.05, 0) is 55.3 Å². The molecule has 1 aromatic carbocycles. The molecule has 0 aliphatic rings. The number of esters is 1. The Kier molecular flexibility index (Phi) is 3.81. The smallest absolute Gasteiger partial charge is 0.374 e. The van der Waals surface area contributed by atoms with Gasteiger partial charge in [0.05, 0.1) is 23.6 Å². The molecule has 3 aromatic rings. The average molecular weight is 313 g/mol. The average Bonchev–Trinajstić information content (AvgIpc) is 3.11. The number of carbonyl (C=O) groups is 1. The Morgan fingerprint density at radius 2 is 2.05 bits per heavy atom. The molecule has 0 radical (unpaired) electrons. The third-order valence-corrected chi connectivity index (χ3v) is 4.48. The maximum atomic E-state index is 11.6. The Labute approximate surface area is 132 Å². The van der Waals surface area contributed by atoms with Gasteiger partial charge in [-0.2, -0.15) is 0 Å². The van der Waals surface area contributed by atoms with Gasteiger partial charge in [-0.3, -0.25) is 0 Å². The molecule has 3 rings (SSSR count). The highest BCUT2D eigenvalue weighted by molar-refractivity contribution is 7.19. The second-order valence-electron chi connectivity index (χ2n) is 4.99. The number of furan rings is 1. The van der Waals surface area contributed by atoms with Crippen molar-refractivity contribution in [2.24, 2.45) is 0 Å². The van der Waals surface area contributed by atoms with Crippen LogP contribution in [0.2, 0.25) is 0 Å². The van der Waals surface area contributed by atoms with Crippen molar-refractivity contribution in [2.45, 2.75) is 13.8 Å². The van der Waals surface area contributed by atoms with E-state index in [0.29, 0.717) is 5.56 Å². The summed E-state index contributed by atoms with van der Waals surface area (Å²) >= 11 is 1.62. The van der Waals surface area contributed by atoms with Crippen LogP contribution in [0, 0.1) is 13.8 Å². The van der Waals surface area contributed by atoms with Crippen molar-refractivity contribution in [2.75, 3.05) is 7.11 Å². The normalized spacial score (nSPS) is 11.4. The van der Waals surface area contributed by atoms with Crippen molar-refractivity contribution in [1.29, 1.82) is 0 Å². The molecule has 112 valence electrons. The molecule has 0 saturated carbocycles. The number of nitrogens with zero attached hydrogens (tertiary/aromatic N) is 1. The first-order chi connectivity index (χ1) is 10.6. The summed E-state index contributed by atoms with van der Waals surface area (Å²) in [7, 11) is 1.33. The number of hydrogen-bond donors (Lipinski definition) is 0. The Hall–Kier alpha value is -2.40. The lowest BCUT2D eigenvalue weighted by atomic mass is 10.1. The summed E-state index contributed by atoms with van der Waals surface area (Å²) < 4.78 is 11.0. The largest absolute Gasteiger partial charge is 0.463 e. The monoisotopic (exact) mass is 313 g/mol. The molecule has 0 atom stereocenters. The maximum absolute atomic E-state index is 11.6. The van der Waals surface area contributed by atoms with Gasteiger partial charge < -0.3 is 9.15 Å². The van der Waals surface area contributed by atoms with E-state index in [-0.39, 0.29) is 5.76 Å². The van der Waals surface area contributed by atoms with Gasteiger partial charge in [0, 0.05) is 5.56 Å². The van der Waals surface area contributed by atoms with Crippen LogP contribution in [0.3, 0.4) is 0 Å². The number of thiazole rings is 1. The van der Waals surface area contributed by atoms with Gasteiger partial charge in [-0.1, -0.05) is 0 Å². The van der Waals surface area contributed by atoms with Gasteiger partial charge in [0.15, 0.2) is 0 Å². The van der Waals surface area contributed by atoms with Gasteiger partial charge >= 0.3 is 5.97 Å². The Morgan fingerprint density at radius 3 is 2.82 bits per heavy atom. The minimum Gasteiger partial charge on any atom is -0.463 e. The van der Waals surface area contributed by atoms with E-state index >= 15 is 0 Å². The number of carbonyl (C=O) groups excluding carboxylic acids is 1. The molecule has 5 heteroatoms. The van der Waals surface area contributed by atoms with Crippen LogP contribution in [0.4, 0.5) is 0 Å². The van der Waals surface area contributed by atoms with Crippen molar-refractivity contribution in [3.05, 3.63) is 51.9 Å². The van der Waals surface area contributed by atoms with E-state index in [1.54, 1.807) is 17.4 Å². The number of methoxy groups -OCH3 is 1. The topological polar surface area (TPSA) is 52.3 Å². The predicted molar refractivity (Wildman–Crippen MR) is 88.1 cm³/mol. The summed E-state index contributed by atoms with van der Waals surface area (Å²) in [6, 6.07) is 5.97. The highest BCUT2D eigenvalue weighted by atomic mass is 32.1. The highest BCUT2D eigenvalue weighted by Crippen LogP contribution is 2.26. The molecule has 22 heavy (non-hydrogen) atoms. The predicted octanol–water partition coefficient (Wildman–Crippen LogP) is 4.46. The summed E-state index contributed by atoms with van der Waals surface area (Å²) in [5.74, 6) is -0.285. The van der Waals surface area contributed by atoms with Crippen LogP contribution in [0.5, 0.6) is 0 Å². The Bertz CT molecular complexity index is 834. The lowest BCUT2D eigenvalue weighted by Gasteiger charge is -1.96. The zero-order valence-electron chi connectivity index (χ0n) is 12.5. The van der Waals surface area contributed by atoms with Crippen LogP contribution >= 0.6 is 11.3 Å². The van der Waals surface area contributed by atoms with E-state index in [1.807, 2.05) is 12.2 Å².